The number of aryl methyl sites for hydroxylation is 1. The molecule has 2 aliphatic heterocycles. The minimum Gasteiger partial charge on any atom is -0.508 e. The molecule has 3 fully saturated rings. The predicted molar refractivity (Wildman–Crippen MR) is 160 cm³/mol. The highest BCUT2D eigenvalue weighted by Crippen LogP contribution is 2.65. The van der Waals surface area contributed by atoms with Gasteiger partial charge in [-0.15, -0.1) is 0 Å². The Morgan fingerprint density at radius 2 is 1.98 bits per heavy atom. The molecule has 1 N–H and O–H groups in total. The van der Waals surface area contributed by atoms with Crippen molar-refractivity contribution in [1.82, 2.24) is 9.80 Å². The number of phenols is 1. The number of piperidine rings is 1. The summed E-state index contributed by atoms with van der Waals surface area (Å²) in [5, 5.41) is 11.2. The number of carbonyl (C=O) groups excluding carboxylic acids is 1. The number of benzene rings is 2. The van der Waals surface area contributed by atoms with Crippen LogP contribution in [0.5, 0.6) is 17.2 Å². The first-order chi connectivity index (χ1) is 20.0. The average molecular weight is 559 g/mol. The van der Waals surface area contributed by atoms with E-state index in [4.69, 9.17) is 9.47 Å². The van der Waals surface area contributed by atoms with Crippen molar-refractivity contribution < 1.29 is 19.4 Å². The van der Waals surface area contributed by atoms with Gasteiger partial charge in [-0.25, -0.2) is 0 Å². The molecule has 2 aromatic carbocycles. The molecule has 6 nitrogen and oxygen atoms in total. The number of nitrogens with zero attached hydrogens (tertiary/aromatic N) is 2. The van der Waals surface area contributed by atoms with Gasteiger partial charge in [0.1, 0.15) is 11.9 Å². The zero-order valence-electron chi connectivity index (χ0n) is 24.8. The Labute approximate surface area is 245 Å². The number of carbonyl (C=O) groups is 1. The van der Waals surface area contributed by atoms with Gasteiger partial charge in [-0.1, -0.05) is 36.8 Å². The topological polar surface area (TPSA) is 62.2 Å². The molecule has 1 amide bonds. The monoisotopic (exact) mass is 558 g/mol. The van der Waals surface area contributed by atoms with Gasteiger partial charge in [0, 0.05) is 48.2 Å². The van der Waals surface area contributed by atoms with E-state index < -0.39 is 0 Å². The van der Waals surface area contributed by atoms with Crippen molar-refractivity contribution in [3.63, 3.8) is 0 Å². The van der Waals surface area contributed by atoms with Crippen LogP contribution >= 0.6 is 0 Å². The zero-order chi connectivity index (χ0) is 28.1. The van der Waals surface area contributed by atoms with E-state index in [1.165, 1.54) is 30.5 Å². The van der Waals surface area contributed by atoms with Crippen molar-refractivity contribution >= 4 is 5.91 Å². The number of amides is 1. The second-order valence-electron chi connectivity index (χ2n) is 13.3. The number of unbranched alkanes of at least 4 members (excludes halogenated alkanes) is 2. The highest BCUT2D eigenvalue weighted by atomic mass is 16.5. The van der Waals surface area contributed by atoms with E-state index in [0.717, 1.165) is 75.1 Å². The number of hydrogen-bond donors (Lipinski definition) is 1. The van der Waals surface area contributed by atoms with Crippen molar-refractivity contribution in [3.8, 4) is 17.2 Å². The summed E-state index contributed by atoms with van der Waals surface area (Å²) in [5.74, 6) is 3.42. The number of ether oxygens (including phenoxy) is 2. The first-order valence-electron chi connectivity index (χ1n) is 16.2. The summed E-state index contributed by atoms with van der Waals surface area (Å²) in [6, 6.07) is 12.9. The number of methoxy groups -OCH3 is 1. The maximum absolute atomic E-state index is 13.8. The van der Waals surface area contributed by atoms with Gasteiger partial charge < -0.3 is 19.5 Å². The van der Waals surface area contributed by atoms with Gasteiger partial charge in [0.25, 0.3) is 0 Å². The molecule has 2 bridgehead atoms. The van der Waals surface area contributed by atoms with E-state index in [2.05, 4.69) is 47.1 Å². The van der Waals surface area contributed by atoms with Crippen molar-refractivity contribution in [1.29, 1.82) is 0 Å². The van der Waals surface area contributed by atoms with Crippen LogP contribution in [0, 0.1) is 11.8 Å². The fourth-order valence-corrected chi connectivity index (χ4v) is 9.15. The highest BCUT2D eigenvalue weighted by molar-refractivity contribution is 5.77. The Kier molecular flexibility index (Phi) is 7.17. The molecule has 0 aromatic heterocycles. The van der Waals surface area contributed by atoms with Crippen molar-refractivity contribution in [2.75, 3.05) is 26.7 Å². The quantitative estimate of drug-likeness (QED) is 0.350. The largest absolute Gasteiger partial charge is 0.508 e. The smallest absolute Gasteiger partial charge is 0.222 e. The fourth-order valence-electron chi connectivity index (χ4n) is 9.15. The molecular formula is C35H46N2O4. The number of phenolic OH excluding ortho intramolecular Hbond substituents is 1. The van der Waals surface area contributed by atoms with Crippen LogP contribution in [-0.2, 0) is 23.1 Å². The van der Waals surface area contributed by atoms with Gasteiger partial charge in [0.15, 0.2) is 11.5 Å². The summed E-state index contributed by atoms with van der Waals surface area (Å²) in [6.07, 6.45) is 11.4. The number of hydrogen-bond acceptors (Lipinski definition) is 5. The van der Waals surface area contributed by atoms with Gasteiger partial charge in [-0.2, -0.15) is 0 Å². The molecule has 41 heavy (non-hydrogen) atoms. The van der Waals surface area contributed by atoms with Crippen molar-refractivity contribution in [3.05, 3.63) is 53.1 Å². The Balaban J connectivity index is 1.12. The number of rotatable bonds is 11. The molecule has 7 rings (SSSR count). The Morgan fingerprint density at radius 1 is 1.15 bits per heavy atom. The molecule has 3 aliphatic carbocycles. The third kappa shape index (κ3) is 4.52. The SMILES string of the molecule is CCN(C(=O)CCCCCc1ccccc1)[C@@H]1CC[C@H]2[C@H]3Cc4c(O)cc(OC)c5c4[C@@]2(CCN3CC2CC2)[C@H]1O5. The lowest BCUT2D eigenvalue weighted by molar-refractivity contribution is -0.142. The van der Waals surface area contributed by atoms with Crippen LogP contribution in [0.4, 0.5) is 0 Å². The molecule has 220 valence electrons. The maximum atomic E-state index is 13.8. The first kappa shape index (κ1) is 27.1. The third-order valence-electron chi connectivity index (χ3n) is 11.2. The molecule has 5 atom stereocenters. The molecule has 1 saturated heterocycles. The Morgan fingerprint density at radius 3 is 2.73 bits per heavy atom. The molecule has 2 heterocycles. The third-order valence-corrected chi connectivity index (χ3v) is 11.2. The first-order valence-corrected chi connectivity index (χ1v) is 16.2. The van der Waals surface area contributed by atoms with E-state index in [1.807, 2.05) is 0 Å². The molecule has 1 spiro atoms. The van der Waals surface area contributed by atoms with Gasteiger partial charge in [0.2, 0.25) is 5.91 Å². The molecule has 5 aliphatic rings. The van der Waals surface area contributed by atoms with Gasteiger partial charge in [0.05, 0.1) is 13.2 Å². The second-order valence-corrected chi connectivity index (χ2v) is 13.3. The molecule has 2 saturated carbocycles. The fraction of sp³-hybridized carbons (Fsp3) is 0.629. The minimum absolute atomic E-state index is 0.0499. The van der Waals surface area contributed by atoms with E-state index in [-0.39, 0.29) is 23.5 Å². The normalized spacial score (nSPS) is 29.5. The summed E-state index contributed by atoms with van der Waals surface area (Å²) in [6.45, 7) is 5.09. The number of likely N-dealkylation sites (N-methyl/N-ethyl adjacent to an activating group) is 1. The zero-order valence-corrected chi connectivity index (χ0v) is 24.8. The van der Waals surface area contributed by atoms with Crippen LogP contribution in [0.15, 0.2) is 36.4 Å². The van der Waals surface area contributed by atoms with E-state index >= 15 is 0 Å². The van der Waals surface area contributed by atoms with Crippen LogP contribution < -0.4 is 9.47 Å². The number of aromatic hydroxyl groups is 1. The molecule has 0 unspecified atom stereocenters. The van der Waals surface area contributed by atoms with Crippen molar-refractivity contribution in [2.24, 2.45) is 11.8 Å². The lowest BCUT2D eigenvalue weighted by Crippen LogP contribution is -2.69. The van der Waals surface area contributed by atoms with E-state index in [1.54, 1.807) is 13.2 Å². The molecular weight excluding hydrogens is 512 g/mol. The standard InChI is InChI=1S/C35H46N2O4/c1-3-37(31(39)13-9-5-8-12-23-10-6-4-7-11-23)27-17-16-26-28-20-25-29(38)21-30(40-2)33-32(25)35(26,34(27)41-33)18-19-36(28)22-24-14-15-24/h4,6-7,10-11,21,24,26-28,34,38H,3,5,8-9,12-20,22H2,1-2H3/t26-,27+,28+,34-,35-/m0/s1. The maximum Gasteiger partial charge on any atom is 0.222 e. The van der Waals surface area contributed by atoms with E-state index in [0.29, 0.717) is 36.4 Å². The van der Waals surface area contributed by atoms with Crippen LogP contribution in [0.2, 0.25) is 0 Å². The lowest BCUT2D eigenvalue weighted by atomic mass is 9.50. The van der Waals surface area contributed by atoms with Crippen LogP contribution in [0.1, 0.15) is 81.4 Å². The second kappa shape index (κ2) is 10.8. The lowest BCUT2D eigenvalue weighted by Gasteiger charge is -2.60. The van der Waals surface area contributed by atoms with Gasteiger partial charge >= 0.3 is 0 Å². The van der Waals surface area contributed by atoms with Crippen LogP contribution in [-0.4, -0.2) is 65.7 Å². The molecule has 0 radical (unpaired) electrons. The minimum atomic E-state index is -0.161. The summed E-state index contributed by atoms with van der Waals surface area (Å²) < 4.78 is 12.7. The molecule has 6 heteroatoms. The van der Waals surface area contributed by atoms with Gasteiger partial charge in [-0.05, 0) is 88.7 Å². The van der Waals surface area contributed by atoms with Gasteiger partial charge in [-0.3, -0.25) is 9.69 Å². The number of likely N-dealkylation sites (tertiary alicyclic amines) is 1. The Bertz CT molecular complexity index is 1280. The molecule has 2 aromatic rings. The van der Waals surface area contributed by atoms with Crippen LogP contribution in [0.3, 0.4) is 0 Å². The summed E-state index contributed by atoms with van der Waals surface area (Å²) in [7, 11) is 1.67. The predicted octanol–water partition coefficient (Wildman–Crippen LogP) is 5.87. The summed E-state index contributed by atoms with van der Waals surface area (Å²) >= 11 is 0. The van der Waals surface area contributed by atoms with E-state index in [9.17, 15) is 9.90 Å². The highest BCUT2D eigenvalue weighted by Gasteiger charge is 2.67. The summed E-state index contributed by atoms with van der Waals surface area (Å²) in [4.78, 5) is 18.6. The van der Waals surface area contributed by atoms with Crippen LogP contribution in [0.25, 0.3) is 0 Å². The average Bonchev–Trinajstić information content (AvgIpc) is 3.74. The van der Waals surface area contributed by atoms with Crippen molar-refractivity contribution in [2.45, 2.75) is 101 Å². The summed E-state index contributed by atoms with van der Waals surface area (Å²) in [5.41, 5.74) is 3.49. The Hall–Kier alpha value is -2.73.